The predicted molar refractivity (Wildman–Crippen MR) is 104 cm³/mol. The molecule has 3 rings (SSSR count). The molecule has 2 N–H and O–H groups in total. The van der Waals surface area contributed by atoms with Crippen molar-refractivity contribution in [3.8, 4) is 11.3 Å². The SMILES string of the molecule is Cc1cc(NC(=O)NCc2cc(C)c(-c3cn(C)nc3C(F)(F)F)nn2)cc(C)n1. The number of hydrogen-bond donors (Lipinski definition) is 2. The second-order valence-corrected chi connectivity index (χ2v) is 6.88. The summed E-state index contributed by atoms with van der Waals surface area (Å²) in [4.78, 5) is 16.3. The Hall–Kier alpha value is -3.50. The number of rotatable bonds is 4. The number of amides is 2. The maximum atomic E-state index is 13.2. The van der Waals surface area contributed by atoms with Crippen LogP contribution in [0.1, 0.15) is 28.3 Å². The van der Waals surface area contributed by atoms with E-state index in [2.05, 4.69) is 30.9 Å². The fourth-order valence-corrected chi connectivity index (χ4v) is 3.02. The summed E-state index contributed by atoms with van der Waals surface area (Å²) < 4.78 is 40.7. The molecule has 30 heavy (non-hydrogen) atoms. The van der Waals surface area contributed by atoms with Gasteiger partial charge in [0.25, 0.3) is 0 Å². The van der Waals surface area contributed by atoms with E-state index in [0.717, 1.165) is 16.1 Å². The normalized spacial score (nSPS) is 11.4. The van der Waals surface area contributed by atoms with Crippen LogP contribution in [0.15, 0.2) is 24.4 Å². The van der Waals surface area contributed by atoms with Crippen LogP contribution in [-0.4, -0.2) is 31.0 Å². The van der Waals surface area contributed by atoms with E-state index in [1.54, 1.807) is 25.1 Å². The average molecular weight is 419 g/mol. The Morgan fingerprint density at radius 3 is 2.37 bits per heavy atom. The number of anilines is 1. The van der Waals surface area contributed by atoms with Crippen LogP contribution < -0.4 is 10.6 Å². The molecule has 0 fully saturated rings. The van der Waals surface area contributed by atoms with Gasteiger partial charge in [-0.3, -0.25) is 9.67 Å². The Labute approximate surface area is 170 Å². The zero-order valence-corrected chi connectivity index (χ0v) is 16.8. The lowest BCUT2D eigenvalue weighted by Gasteiger charge is -2.10. The smallest absolute Gasteiger partial charge is 0.332 e. The van der Waals surface area contributed by atoms with Crippen LogP contribution in [-0.2, 0) is 19.8 Å². The maximum absolute atomic E-state index is 13.2. The van der Waals surface area contributed by atoms with Gasteiger partial charge >= 0.3 is 12.2 Å². The van der Waals surface area contributed by atoms with Crippen LogP contribution in [0.25, 0.3) is 11.3 Å². The van der Waals surface area contributed by atoms with E-state index in [9.17, 15) is 18.0 Å². The first kappa shape index (κ1) is 21.2. The Bertz CT molecular complexity index is 1070. The fourth-order valence-electron chi connectivity index (χ4n) is 3.02. The molecule has 0 radical (unpaired) electrons. The van der Waals surface area contributed by atoms with Gasteiger partial charge in [-0.05, 0) is 44.5 Å². The van der Waals surface area contributed by atoms with Gasteiger partial charge in [-0.25, -0.2) is 4.79 Å². The molecule has 0 spiro atoms. The first-order chi connectivity index (χ1) is 14.0. The summed E-state index contributed by atoms with van der Waals surface area (Å²) in [7, 11) is 1.41. The van der Waals surface area contributed by atoms with Gasteiger partial charge in [0.05, 0.1) is 23.5 Å². The highest BCUT2D eigenvalue weighted by atomic mass is 19.4. The second-order valence-electron chi connectivity index (χ2n) is 6.88. The minimum atomic E-state index is -4.60. The largest absolute Gasteiger partial charge is 0.435 e. The molecule has 0 aliphatic rings. The molecule has 0 atom stereocenters. The van der Waals surface area contributed by atoms with Gasteiger partial charge in [-0.15, -0.1) is 5.10 Å². The monoisotopic (exact) mass is 419 g/mol. The third kappa shape index (κ3) is 4.91. The molecular formula is C19H20F3N7O. The highest BCUT2D eigenvalue weighted by Crippen LogP contribution is 2.36. The third-order valence-electron chi connectivity index (χ3n) is 4.16. The molecular weight excluding hydrogens is 399 g/mol. The molecule has 0 aliphatic heterocycles. The second kappa shape index (κ2) is 8.09. The molecule has 0 saturated carbocycles. The van der Waals surface area contributed by atoms with E-state index in [4.69, 9.17) is 0 Å². The molecule has 2 amide bonds. The van der Waals surface area contributed by atoms with Gasteiger partial charge in [-0.2, -0.15) is 23.4 Å². The van der Waals surface area contributed by atoms with Crippen molar-refractivity contribution < 1.29 is 18.0 Å². The Kier molecular flexibility index (Phi) is 5.72. The fraction of sp³-hybridized carbons (Fsp3) is 0.316. The van der Waals surface area contributed by atoms with E-state index < -0.39 is 17.9 Å². The molecule has 0 aliphatic carbocycles. The number of halogens is 3. The van der Waals surface area contributed by atoms with Crippen molar-refractivity contribution in [2.24, 2.45) is 7.05 Å². The van der Waals surface area contributed by atoms with Crippen molar-refractivity contribution in [3.05, 3.63) is 52.7 Å². The van der Waals surface area contributed by atoms with Crippen molar-refractivity contribution in [1.29, 1.82) is 0 Å². The Balaban J connectivity index is 1.71. The molecule has 0 bridgehead atoms. The number of aryl methyl sites for hydroxylation is 4. The van der Waals surface area contributed by atoms with Crippen molar-refractivity contribution >= 4 is 11.7 Å². The van der Waals surface area contributed by atoms with E-state index in [1.165, 1.54) is 13.2 Å². The Morgan fingerprint density at radius 1 is 1.10 bits per heavy atom. The number of hydrogen-bond acceptors (Lipinski definition) is 5. The molecule has 158 valence electrons. The molecule has 0 aromatic carbocycles. The van der Waals surface area contributed by atoms with E-state index >= 15 is 0 Å². The van der Waals surface area contributed by atoms with Gasteiger partial charge in [0.15, 0.2) is 5.69 Å². The van der Waals surface area contributed by atoms with Crippen LogP contribution in [0.2, 0.25) is 0 Å². The van der Waals surface area contributed by atoms with Crippen LogP contribution in [0.4, 0.5) is 23.7 Å². The molecule has 3 heterocycles. The molecule has 11 heteroatoms. The summed E-state index contributed by atoms with van der Waals surface area (Å²) in [6.45, 7) is 5.33. The van der Waals surface area contributed by atoms with Gasteiger partial charge in [-0.1, -0.05) is 0 Å². The number of nitrogens with zero attached hydrogens (tertiary/aromatic N) is 5. The summed E-state index contributed by atoms with van der Waals surface area (Å²) >= 11 is 0. The minimum Gasteiger partial charge on any atom is -0.332 e. The third-order valence-corrected chi connectivity index (χ3v) is 4.16. The average Bonchev–Trinajstić information content (AvgIpc) is 3.01. The number of aromatic nitrogens is 5. The molecule has 3 aromatic heterocycles. The van der Waals surface area contributed by atoms with Gasteiger partial charge in [0, 0.05) is 30.3 Å². The summed E-state index contributed by atoms with van der Waals surface area (Å²) in [5.41, 5.74) is 1.98. The lowest BCUT2D eigenvalue weighted by Crippen LogP contribution is -2.28. The van der Waals surface area contributed by atoms with Crippen molar-refractivity contribution in [2.75, 3.05) is 5.32 Å². The van der Waals surface area contributed by atoms with Crippen molar-refractivity contribution in [2.45, 2.75) is 33.5 Å². The highest BCUT2D eigenvalue weighted by Gasteiger charge is 2.38. The van der Waals surface area contributed by atoms with Crippen molar-refractivity contribution in [3.63, 3.8) is 0 Å². The quantitative estimate of drug-likeness (QED) is 0.674. The number of alkyl halides is 3. The number of urea groups is 1. The molecule has 0 unspecified atom stereocenters. The number of pyridine rings is 1. The predicted octanol–water partition coefficient (Wildman–Crippen LogP) is 3.54. The first-order valence-corrected chi connectivity index (χ1v) is 8.97. The van der Waals surface area contributed by atoms with E-state index in [-0.39, 0.29) is 17.8 Å². The van der Waals surface area contributed by atoms with E-state index in [1.807, 2.05) is 13.8 Å². The molecule has 0 saturated heterocycles. The summed E-state index contributed by atoms with van der Waals surface area (Å²) in [5, 5.41) is 16.7. The maximum Gasteiger partial charge on any atom is 0.435 e. The van der Waals surface area contributed by atoms with Crippen LogP contribution in [0.5, 0.6) is 0 Å². The van der Waals surface area contributed by atoms with Gasteiger partial charge in [0.2, 0.25) is 0 Å². The minimum absolute atomic E-state index is 0.0577. The zero-order chi connectivity index (χ0) is 22.1. The lowest BCUT2D eigenvalue weighted by molar-refractivity contribution is -0.141. The van der Waals surface area contributed by atoms with E-state index in [0.29, 0.717) is 16.9 Å². The van der Waals surface area contributed by atoms with Gasteiger partial charge < -0.3 is 10.6 Å². The Morgan fingerprint density at radius 2 is 1.77 bits per heavy atom. The summed E-state index contributed by atoms with van der Waals surface area (Å²) in [6.07, 6.45) is -3.35. The van der Waals surface area contributed by atoms with Gasteiger partial charge in [0.1, 0.15) is 0 Å². The summed E-state index contributed by atoms with van der Waals surface area (Å²) in [5.74, 6) is 0. The van der Waals surface area contributed by atoms with Crippen molar-refractivity contribution in [1.82, 2.24) is 30.3 Å². The number of carbonyl (C=O) groups excluding carboxylic acids is 1. The number of nitrogens with one attached hydrogen (secondary N) is 2. The lowest BCUT2D eigenvalue weighted by atomic mass is 10.1. The highest BCUT2D eigenvalue weighted by molar-refractivity contribution is 5.89. The van der Waals surface area contributed by atoms with Crippen LogP contribution >= 0.6 is 0 Å². The zero-order valence-electron chi connectivity index (χ0n) is 16.8. The van der Waals surface area contributed by atoms with Crippen LogP contribution in [0, 0.1) is 20.8 Å². The first-order valence-electron chi connectivity index (χ1n) is 8.97. The molecule has 8 nitrogen and oxygen atoms in total. The topological polar surface area (TPSA) is 97.6 Å². The summed E-state index contributed by atoms with van der Waals surface area (Å²) in [6, 6.07) is 4.60. The number of carbonyl (C=O) groups is 1. The standard InChI is InChI=1S/C19H20F3N7O/c1-10-5-14(8-23-18(30)25-13-6-11(2)24-12(3)7-13)26-27-16(10)15-9-29(4)28-17(15)19(20,21)22/h5-7,9H,8H2,1-4H3,(H2,23,24,25,30). The van der Waals surface area contributed by atoms with Crippen LogP contribution in [0.3, 0.4) is 0 Å². The molecule has 3 aromatic rings.